The Morgan fingerprint density at radius 2 is 1.74 bits per heavy atom. The third-order valence-corrected chi connectivity index (χ3v) is 3.01. The predicted molar refractivity (Wildman–Crippen MR) is 64.2 cm³/mol. The van der Waals surface area contributed by atoms with Gasteiger partial charge in [0, 0.05) is 17.5 Å². The molecule has 0 saturated carbocycles. The molecule has 0 saturated heterocycles. The highest BCUT2D eigenvalue weighted by molar-refractivity contribution is 8.00. The summed E-state index contributed by atoms with van der Waals surface area (Å²) in [6.07, 6.45) is -2.51. The van der Waals surface area contributed by atoms with Gasteiger partial charge in [-0.3, -0.25) is 0 Å². The van der Waals surface area contributed by atoms with Crippen LogP contribution in [0.5, 0.6) is 0 Å². The molecule has 3 N–H and O–H groups in total. The summed E-state index contributed by atoms with van der Waals surface area (Å²) < 4.78 is 60.5. The predicted octanol–water partition coefficient (Wildman–Crippen LogP) is 3.15. The van der Waals surface area contributed by atoms with Crippen LogP contribution in [-0.2, 0) is 0 Å². The van der Waals surface area contributed by atoms with Gasteiger partial charge in [-0.15, -0.1) is 0 Å². The van der Waals surface area contributed by atoms with Crippen molar-refractivity contribution >= 4 is 11.8 Å². The quantitative estimate of drug-likeness (QED) is 0.626. The number of benzene rings is 1. The molecule has 0 aromatic heterocycles. The standard InChI is InChI=1S/C11H13F5N2S/c12-10(13)6-18-9(5-17)7-1-3-8(4-2-7)19-11(14,15)16/h1-4,9-10,18H,5-6,17H2. The minimum atomic E-state index is -4.34. The summed E-state index contributed by atoms with van der Waals surface area (Å²) >= 11 is -0.225. The first-order valence-electron chi connectivity index (χ1n) is 5.39. The van der Waals surface area contributed by atoms with Gasteiger partial charge >= 0.3 is 5.51 Å². The van der Waals surface area contributed by atoms with Crippen molar-refractivity contribution in [2.75, 3.05) is 13.1 Å². The fourth-order valence-corrected chi connectivity index (χ4v) is 2.01. The van der Waals surface area contributed by atoms with Crippen molar-refractivity contribution in [3.63, 3.8) is 0 Å². The Kier molecular flexibility index (Phi) is 6.02. The third kappa shape index (κ3) is 6.22. The van der Waals surface area contributed by atoms with Crippen molar-refractivity contribution in [3.8, 4) is 0 Å². The maximum Gasteiger partial charge on any atom is 0.446 e. The van der Waals surface area contributed by atoms with E-state index in [0.29, 0.717) is 5.56 Å². The number of alkyl halides is 5. The lowest BCUT2D eigenvalue weighted by Gasteiger charge is -2.17. The summed E-state index contributed by atoms with van der Waals surface area (Å²) in [5, 5.41) is 2.55. The molecule has 0 aliphatic rings. The van der Waals surface area contributed by atoms with E-state index in [1.54, 1.807) is 0 Å². The lowest BCUT2D eigenvalue weighted by molar-refractivity contribution is -0.0328. The number of nitrogens with one attached hydrogen (secondary N) is 1. The van der Waals surface area contributed by atoms with Crippen LogP contribution in [0.3, 0.4) is 0 Å². The summed E-state index contributed by atoms with van der Waals surface area (Å²) in [5.74, 6) is 0. The molecule has 8 heteroatoms. The normalized spacial score (nSPS) is 13.8. The number of hydrogen-bond acceptors (Lipinski definition) is 3. The van der Waals surface area contributed by atoms with E-state index >= 15 is 0 Å². The van der Waals surface area contributed by atoms with Gasteiger partial charge in [0.2, 0.25) is 0 Å². The first-order valence-corrected chi connectivity index (χ1v) is 6.21. The molecule has 0 spiro atoms. The van der Waals surface area contributed by atoms with E-state index < -0.39 is 24.5 Å². The van der Waals surface area contributed by atoms with Crippen LogP contribution in [0.1, 0.15) is 11.6 Å². The average molecular weight is 300 g/mol. The van der Waals surface area contributed by atoms with Gasteiger partial charge < -0.3 is 11.1 Å². The van der Waals surface area contributed by atoms with Gasteiger partial charge in [-0.2, -0.15) is 13.2 Å². The molecule has 1 aromatic carbocycles. The molecule has 0 bridgehead atoms. The van der Waals surface area contributed by atoms with Gasteiger partial charge in [-0.05, 0) is 29.5 Å². The van der Waals surface area contributed by atoms with Crippen molar-refractivity contribution in [2.24, 2.45) is 5.73 Å². The van der Waals surface area contributed by atoms with Crippen molar-refractivity contribution in [1.82, 2.24) is 5.32 Å². The number of halogens is 5. The Hall–Kier alpha value is -0.860. The van der Waals surface area contributed by atoms with Crippen LogP contribution in [0, 0.1) is 0 Å². The number of hydrogen-bond donors (Lipinski definition) is 2. The summed E-state index contributed by atoms with van der Waals surface area (Å²) in [6, 6.07) is 4.98. The fourth-order valence-electron chi connectivity index (χ4n) is 1.47. The highest BCUT2D eigenvalue weighted by atomic mass is 32.2. The second-order valence-electron chi connectivity index (χ2n) is 3.70. The van der Waals surface area contributed by atoms with Gasteiger partial charge in [0.25, 0.3) is 6.43 Å². The molecule has 1 aromatic rings. The highest BCUT2D eigenvalue weighted by Crippen LogP contribution is 2.36. The van der Waals surface area contributed by atoms with E-state index in [-0.39, 0.29) is 23.2 Å². The molecule has 1 rings (SSSR count). The van der Waals surface area contributed by atoms with Crippen molar-refractivity contribution < 1.29 is 22.0 Å². The van der Waals surface area contributed by atoms with Crippen LogP contribution in [0.25, 0.3) is 0 Å². The SMILES string of the molecule is NCC(NCC(F)F)c1ccc(SC(F)(F)F)cc1. The van der Waals surface area contributed by atoms with Crippen molar-refractivity contribution in [1.29, 1.82) is 0 Å². The van der Waals surface area contributed by atoms with Crippen LogP contribution in [0.2, 0.25) is 0 Å². The molecule has 1 atom stereocenters. The summed E-state index contributed by atoms with van der Waals surface area (Å²) in [7, 11) is 0. The Balaban J connectivity index is 2.67. The summed E-state index contributed by atoms with van der Waals surface area (Å²) in [5.41, 5.74) is 1.67. The van der Waals surface area contributed by atoms with Gasteiger partial charge in [0.05, 0.1) is 6.54 Å². The highest BCUT2D eigenvalue weighted by Gasteiger charge is 2.29. The zero-order valence-electron chi connectivity index (χ0n) is 9.75. The van der Waals surface area contributed by atoms with E-state index in [2.05, 4.69) is 5.32 Å². The summed E-state index contributed by atoms with van der Waals surface area (Å²) in [4.78, 5) is 0.0425. The average Bonchev–Trinajstić information content (AvgIpc) is 2.29. The molecular formula is C11H13F5N2S. The molecule has 2 nitrogen and oxygen atoms in total. The van der Waals surface area contributed by atoms with Gasteiger partial charge in [-0.25, -0.2) is 8.78 Å². The van der Waals surface area contributed by atoms with E-state index in [4.69, 9.17) is 5.73 Å². The topological polar surface area (TPSA) is 38.0 Å². The van der Waals surface area contributed by atoms with Crippen molar-refractivity contribution in [2.45, 2.75) is 22.9 Å². The second-order valence-corrected chi connectivity index (χ2v) is 4.84. The Morgan fingerprint density at radius 1 is 1.16 bits per heavy atom. The van der Waals surface area contributed by atoms with Crippen LogP contribution in [-0.4, -0.2) is 25.0 Å². The number of nitrogens with two attached hydrogens (primary N) is 1. The minimum absolute atomic E-state index is 0.0425. The lowest BCUT2D eigenvalue weighted by Crippen LogP contribution is -2.31. The first kappa shape index (κ1) is 16.2. The first-order chi connectivity index (χ1) is 8.81. The molecule has 0 heterocycles. The maximum absolute atomic E-state index is 12.1. The van der Waals surface area contributed by atoms with Gasteiger partial charge in [-0.1, -0.05) is 12.1 Å². The van der Waals surface area contributed by atoms with Crippen LogP contribution < -0.4 is 11.1 Å². The molecule has 0 aliphatic carbocycles. The van der Waals surface area contributed by atoms with Crippen LogP contribution in [0.15, 0.2) is 29.2 Å². The molecule has 0 radical (unpaired) electrons. The molecular weight excluding hydrogens is 287 g/mol. The van der Waals surface area contributed by atoms with Gasteiger partial charge in [0.15, 0.2) is 0 Å². The molecule has 0 aliphatic heterocycles. The maximum atomic E-state index is 12.1. The third-order valence-electron chi connectivity index (χ3n) is 2.27. The second kappa shape index (κ2) is 7.06. The van der Waals surface area contributed by atoms with Gasteiger partial charge in [0.1, 0.15) is 0 Å². The number of thioether (sulfide) groups is 1. The van der Waals surface area contributed by atoms with E-state index in [1.807, 2.05) is 0 Å². The molecule has 19 heavy (non-hydrogen) atoms. The molecule has 0 fully saturated rings. The van der Waals surface area contributed by atoms with Crippen molar-refractivity contribution in [3.05, 3.63) is 29.8 Å². The number of rotatable bonds is 6. The summed E-state index contributed by atoms with van der Waals surface area (Å²) in [6.45, 7) is -0.431. The zero-order valence-corrected chi connectivity index (χ0v) is 10.6. The zero-order chi connectivity index (χ0) is 14.5. The fraction of sp³-hybridized carbons (Fsp3) is 0.455. The molecule has 0 amide bonds. The lowest BCUT2D eigenvalue weighted by atomic mass is 10.1. The van der Waals surface area contributed by atoms with Crippen LogP contribution in [0.4, 0.5) is 22.0 Å². The Bertz CT molecular complexity index is 380. The Morgan fingerprint density at radius 3 is 2.16 bits per heavy atom. The van der Waals surface area contributed by atoms with E-state index in [1.165, 1.54) is 24.3 Å². The Labute approximate surface area is 111 Å². The monoisotopic (exact) mass is 300 g/mol. The molecule has 108 valence electrons. The van der Waals surface area contributed by atoms with E-state index in [0.717, 1.165) is 0 Å². The molecule has 1 unspecified atom stereocenters. The smallest absolute Gasteiger partial charge is 0.329 e. The largest absolute Gasteiger partial charge is 0.446 e. The van der Waals surface area contributed by atoms with Crippen LogP contribution >= 0.6 is 11.8 Å². The van der Waals surface area contributed by atoms with E-state index in [9.17, 15) is 22.0 Å². The minimum Gasteiger partial charge on any atom is -0.329 e.